The summed E-state index contributed by atoms with van der Waals surface area (Å²) in [5.41, 5.74) is 1.15. The molecule has 0 radical (unpaired) electrons. The molecule has 1 aliphatic rings. The van der Waals surface area contributed by atoms with Crippen molar-refractivity contribution < 1.29 is 9.53 Å². The molecule has 0 unspecified atom stereocenters. The van der Waals surface area contributed by atoms with E-state index in [9.17, 15) is 4.79 Å². The first-order valence-electron chi connectivity index (χ1n) is 7.64. The van der Waals surface area contributed by atoms with Gasteiger partial charge in [0.1, 0.15) is 5.75 Å². The number of para-hydroxylation sites is 1. The van der Waals surface area contributed by atoms with Crippen molar-refractivity contribution in [3.63, 3.8) is 0 Å². The molecule has 1 saturated carbocycles. The van der Waals surface area contributed by atoms with E-state index < -0.39 is 6.10 Å². The molecular weight excluding hydrogens is 250 g/mol. The lowest BCUT2D eigenvalue weighted by Gasteiger charge is -2.27. The summed E-state index contributed by atoms with van der Waals surface area (Å²) in [5.74, 6) is 0.915. The highest BCUT2D eigenvalue weighted by molar-refractivity contribution is 5.81. The highest BCUT2D eigenvalue weighted by atomic mass is 16.5. The van der Waals surface area contributed by atoms with Crippen LogP contribution in [0.2, 0.25) is 0 Å². The zero-order valence-corrected chi connectivity index (χ0v) is 12.8. The Kier molecular flexibility index (Phi) is 5.05. The van der Waals surface area contributed by atoms with Gasteiger partial charge in [-0.25, -0.2) is 0 Å². The van der Waals surface area contributed by atoms with Crippen molar-refractivity contribution >= 4 is 5.91 Å². The van der Waals surface area contributed by atoms with Crippen LogP contribution in [0, 0.1) is 0 Å². The van der Waals surface area contributed by atoms with Gasteiger partial charge in [-0.15, -0.1) is 0 Å². The Balaban J connectivity index is 1.99. The van der Waals surface area contributed by atoms with Crippen molar-refractivity contribution in [2.24, 2.45) is 0 Å². The molecular formula is C17H25NO2. The normalized spacial score (nSPS) is 16.9. The number of rotatable bonds is 5. The molecule has 20 heavy (non-hydrogen) atoms. The second-order valence-corrected chi connectivity index (χ2v) is 5.61. The van der Waals surface area contributed by atoms with Crippen molar-refractivity contribution in [2.45, 2.75) is 58.1 Å². The number of aryl methyl sites for hydroxylation is 1. The minimum atomic E-state index is -0.423. The van der Waals surface area contributed by atoms with Gasteiger partial charge < -0.3 is 9.64 Å². The molecule has 110 valence electrons. The number of carbonyl (C=O) groups excluding carboxylic acids is 1. The molecule has 1 aromatic carbocycles. The predicted molar refractivity (Wildman–Crippen MR) is 80.9 cm³/mol. The fraction of sp³-hybridized carbons (Fsp3) is 0.588. The van der Waals surface area contributed by atoms with E-state index in [0.29, 0.717) is 6.04 Å². The van der Waals surface area contributed by atoms with Crippen LogP contribution >= 0.6 is 0 Å². The van der Waals surface area contributed by atoms with Crippen LogP contribution in [0.1, 0.15) is 45.1 Å². The smallest absolute Gasteiger partial charge is 0.263 e. The van der Waals surface area contributed by atoms with Crippen LogP contribution in [0.3, 0.4) is 0 Å². The van der Waals surface area contributed by atoms with Gasteiger partial charge in [0.05, 0.1) is 0 Å². The van der Waals surface area contributed by atoms with Gasteiger partial charge in [-0.2, -0.15) is 0 Å². The van der Waals surface area contributed by atoms with Crippen LogP contribution in [0.5, 0.6) is 5.75 Å². The monoisotopic (exact) mass is 275 g/mol. The number of hydrogen-bond acceptors (Lipinski definition) is 2. The number of benzene rings is 1. The lowest BCUT2D eigenvalue weighted by Crippen LogP contribution is -2.43. The molecule has 1 atom stereocenters. The van der Waals surface area contributed by atoms with E-state index in [1.54, 1.807) is 0 Å². The Labute approximate surface area is 121 Å². The highest BCUT2D eigenvalue weighted by Gasteiger charge is 2.27. The van der Waals surface area contributed by atoms with Gasteiger partial charge >= 0.3 is 0 Å². The van der Waals surface area contributed by atoms with E-state index >= 15 is 0 Å². The van der Waals surface area contributed by atoms with E-state index in [2.05, 4.69) is 6.92 Å². The summed E-state index contributed by atoms with van der Waals surface area (Å²) in [7, 11) is 1.91. The van der Waals surface area contributed by atoms with Gasteiger partial charge in [-0.3, -0.25) is 4.79 Å². The van der Waals surface area contributed by atoms with E-state index in [4.69, 9.17) is 4.74 Å². The third-order valence-corrected chi connectivity index (χ3v) is 4.23. The molecule has 2 rings (SSSR count). The van der Waals surface area contributed by atoms with E-state index in [0.717, 1.165) is 30.6 Å². The van der Waals surface area contributed by atoms with Crippen molar-refractivity contribution in [1.82, 2.24) is 4.90 Å². The van der Waals surface area contributed by atoms with Crippen LogP contribution in [0.4, 0.5) is 0 Å². The summed E-state index contributed by atoms with van der Waals surface area (Å²) in [6.45, 7) is 3.94. The SMILES string of the molecule is CCc1ccccc1O[C@H](C)C(=O)N(C)C1CCCC1. The number of likely N-dealkylation sites (N-methyl/N-ethyl adjacent to an activating group) is 1. The zero-order chi connectivity index (χ0) is 14.5. The third-order valence-electron chi connectivity index (χ3n) is 4.23. The largest absolute Gasteiger partial charge is 0.481 e. The van der Waals surface area contributed by atoms with Crippen molar-refractivity contribution in [2.75, 3.05) is 7.05 Å². The molecule has 3 nitrogen and oxygen atoms in total. The first kappa shape index (κ1) is 14.9. The second kappa shape index (κ2) is 6.78. The molecule has 0 heterocycles. The molecule has 0 saturated heterocycles. The van der Waals surface area contributed by atoms with Gasteiger partial charge in [-0.1, -0.05) is 38.0 Å². The van der Waals surface area contributed by atoms with Gasteiger partial charge in [0.2, 0.25) is 0 Å². The summed E-state index contributed by atoms with van der Waals surface area (Å²) in [4.78, 5) is 14.3. The number of nitrogens with zero attached hydrogens (tertiary/aromatic N) is 1. The summed E-state index contributed by atoms with van der Waals surface area (Å²) in [6.07, 6.45) is 5.21. The van der Waals surface area contributed by atoms with Crippen LogP contribution in [-0.2, 0) is 11.2 Å². The fourth-order valence-electron chi connectivity index (χ4n) is 2.91. The van der Waals surface area contributed by atoms with Crippen LogP contribution in [-0.4, -0.2) is 30.0 Å². The average molecular weight is 275 g/mol. The van der Waals surface area contributed by atoms with Gasteiger partial charge in [0.25, 0.3) is 5.91 Å². The average Bonchev–Trinajstić information content (AvgIpc) is 3.00. The van der Waals surface area contributed by atoms with E-state index in [1.165, 1.54) is 12.8 Å². The molecule has 0 bridgehead atoms. The topological polar surface area (TPSA) is 29.5 Å². The summed E-state index contributed by atoms with van der Waals surface area (Å²) < 4.78 is 5.89. The molecule has 0 aromatic heterocycles. The van der Waals surface area contributed by atoms with Crippen LogP contribution < -0.4 is 4.74 Å². The van der Waals surface area contributed by atoms with Crippen LogP contribution in [0.25, 0.3) is 0 Å². The van der Waals surface area contributed by atoms with E-state index in [1.807, 2.05) is 43.1 Å². The second-order valence-electron chi connectivity index (χ2n) is 5.61. The van der Waals surface area contributed by atoms with Gasteiger partial charge in [0, 0.05) is 13.1 Å². The fourth-order valence-corrected chi connectivity index (χ4v) is 2.91. The zero-order valence-electron chi connectivity index (χ0n) is 12.8. The molecule has 1 aromatic rings. The maximum atomic E-state index is 12.4. The molecule has 1 amide bonds. The first-order chi connectivity index (χ1) is 9.63. The molecule has 1 aliphatic carbocycles. The quantitative estimate of drug-likeness (QED) is 0.824. The maximum absolute atomic E-state index is 12.4. The molecule has 3 heteroatoms. The Hall–Kier alpha value is -1.51. The Bertz CT molecular complexity index is 452. The van der Waals surface area contributed by atoms with Crippen molar-refractivity contribution in [3.05, 3.63) is 29.8 Å². The highest BCUT2D eigenvalue weighted by Crippen LogP contribution is 2.24. The number of ether oxygens (including phenoxy) is 1. The number of carbonyl (C=O) groups is 1. The Morgan fingerprint density at radius 2 is 2.00 bits per heavy atom. The number of hydrogen-bond donors (Lipinski definition) is 0. The van der Waals surface area contributed by atoms with Gasteiger partial charge in [-0.05, 0) is 37.8 Å². The van der Waals surface area contributed by atoms with Crippen molar-refractivity contribution in [1.29, 1.82) is 0 Å². The number of amides is 1. The summed E-state index contributed by atoms with van der Waals surface area (Å²) in [5, 5.41) is 0. The van der Waals surface area contributed by atoms with Crippen molar-refractivity contribution in [3.8, 4) is 5.75 Å². The Morgan fingerprint density at radius 3 is 2.65 bits per heavy atom. The van der Waals surface area contributed by atoms with E-state index in [-0.39, 0.29) is 5.91 Å². The Morgan fingerprint density at radius 1 is 1.35 bits per heavy atom. The summed E-state index contributed by atoms with van der Waals surface area (Å²) >= 11 is 0. The standard InChI is InChI=1S/C17H25NO2/c1-4-14-9-5-8-12-16(14)20-13(2)17(19)18(3)15-10-6-7-11-15/h5,8-9,12-13,15H,4,6-7,10-11H2,1-3H3/t13-/m1/s1. The lowest BCUT2D eigenvalue weighted by molar-refractivity contribution is -0.138. The third kappa shape index (κ3) is 3.33. The minimum absolute atomic E-state index is 0.0859. The molecule has 0 aliphatic heterocycles. The molecule has 1 fully saturated rings. The van der Waals surface area contributed by atoms with Crippen LogP contribution in [0.15, 0.2) is 24.3 Å². The first-order valence-corrected chi connectivity index (χ1v) is 7.64. The maximum Gasteiger partial charge on any atom is 0.263 e. The predicted octanol–water partition coefficient (Wildman–Crippen LogP) is 3.42. The molecule has 0 spiro atoms. The van der Waals surface area contributed by atoms with Gasteiger partial charge in [0.15, 0.2) is 6.10 Å². The minimum Gasteiger partial charge on any atom is -0.481 e. The lowest BCUT2D eigenvalue weighted by atomic mass is 10.1. The molecule has 0 N–H and O–H groups in total. The summed E-state index contributed by atoms with van der Waals surface area (Å²) in [6, 6.07) is 8.34.